The van der Waals surface area contributed by atoms with Gasteiger partial charge in [0.25, 0.3) is 0 Å². The third-order valence-electron chi connectivity index (χ3n) is 0.760. The molecule has 13 heavy (non-hydrogen) atoms. The van der Waals surface area contributed by atoms with Crippen LogP contribution in [0.4, 0.5) is 13.2 Å². The Morgan fingerprint density at radius 1 is 1.15 bits per heavy atom. The van der Waals surface area contributed by atoms with Crippen LogP contribution in [-0.4, -0.2) is 32.5 Å². The van der Waals surface area contributed by atoms with Gasteiger partial charge in [0.1, 0.15) is 0 Å². The summed E-state index contributed by atoms with van der Waals surface area (Å²) < 4.78 is 73.1. The standard InChI is InChI=1S/C2H3F3NO5S2/c1-12(8,9)6(7)13(10,11)2(3,4)5/h1H3/q-1. The third-order valence-corrected chi connectivity index (χ3v) is 3.68. The molecule has 6 nitrogen and oxygen atoms in total. The van der Waals surface area contributed by atoms with Gasteiger partial charge in [0, 0.05) is 0 Å². The molecule has 0 spiro atoms. The Bertz CT molecular complexity index is 378. The Kier molecular flexibility index (Phi) is 2.98. The predicted octanol–water partition coefficient (Wildman–Crippen LogP) is -0.405. The Hall–Kier alpha value is -0.390. The van der Waals surface area contributed by atoms with Crippen molar-refractivity contribution >= 4 is 20.0 Å². The van der Waals surface area contributed by atoms with Crippen molar-refractivity contribution in [2.75, 3.05) is 6.26 Å². The van der Waals surface area contributed by atoms with Gasteiger partial charge in [-0.15, -0.1) is 0 Å². The summed E-state index contributed by atoms with van der Waals surface area (Å²) in [6.45, 7) is 0. The monoisotopic (exact) mass is 242 g/mol. The molecular weight excluding hydrogens is 239 g/mol. The van der Waals surface area contributed by atoms with E-state index in [2.05, 4.69) is 0 Å². The second kappa shape index (κ2) is 3.08. The lowest BCUT2D eigenvalue weighted by molar-refractivity contribution is -0.0462. The zero-order valence-corrected chi connectivity index (χ0v) is 7.57. The minimum atomic E-state index is -6.34. The van der Waals surface area contributed by atoms with Crippen LogP contribution < -0.4 is 0 Å². The molecule has 80 valence electrons. The van der Waals surface area contributed by atoms with Crippen LogP contribution in [0.25, 0.3) is 0 Å². The van der Waals surface area contributed by atoms with Crippen LogP contribution in [0.2, 0.25) is 0 Å². The summed E-state index contributed by atoms with van der Waals surface area (Å²) in [6, 6.07) is 0. The molecule has 0 heterocycles. The molecule has 0 radical (unpaired) electrons. The molecular formula is C2H3F3NO5S2-. The lowest BCUT2D eigenvalue weighted by atomic mass is 11.6. The molecule has 0 saturated heterocycles. The molecule has 0 aromatic heterocycles. The molecule has 0 aliphatic rings. The largest absolute Gasteiger partial charge is 0.759 e. The summed E-state index contributed by atoms with van der Waals surface area (Å²) >= 11 is 0. The van der Waals surface area contributed by atoms with Gasteiger partial charge < -0.3 is 5.21 Å². The number of nitrogens with zero attached hydrogens (tertiary/aromatic N) is 1. The van der Waals surface area contributed by atoms with E-state index in [9.17, 15) is 35.2 Å². The van der Waals surface area contributed by atoms with Crippen LogP contribution in [0.5, 0.6) is 0 Å². The van der Waals surface area contributed by atoms with Gasteiger partial charge in [-0.25, -0.2) is 16.8 Å². The first-order chi connectivity index (χ1) is 5.40. The van der Waals surface area contributed by atoms with Crippen molar-refractivity contribution in [3.63, 3.8) is 0 Å². The average Bonchev–Trinajstić information content (AvgIpc) is 1.81. The van der Waals surface area contributed by atoms with Crippen molar-refractivity contribution in [1.82, 2.24) is 3.87 Å². The van der Waals surface area contributed by atoms with Gasteiger partial charge in [0.05, 0.1) is 6.26 Å². The first-order valence-electron chi connectivity index (χ1n) is 2.39. The van der Waals surface area contributed by atoms with E-state index in [1.165, 1.54) is 0 Å². The fourth-order valence-corrected chi connectivity index (χ4v) is 2.11. The van der Waals surface area contributed by atoms with Crippen LogP contribution in [0.3, 0.4) is 0 Å². The molecule has 0 unspecified atom stereocenters. The van der Waals surface area contributed by atoms with Crippen molar-refractivity contribution in [2.24, 2.45) is 0 Å². The number of rotatable bonds is 2. The second-order valence-corrected chi connectivity index (χ2v) is 5.65. The van der Waals surface area contributed by atoms with Crippen molar-refractivity contribution in [1.29, 1.82) is 0 Å². The average molecular weight is 242 g/mol. The number of sulfonamides is 2. The molecule has 0 aromatic carbocycles. The van der Waals surface area contributed by atoms with E-state index in [4.69, 9.17) is 0 Å². The third kappa shape index (κ3) is 2.52. The summed E-state index contributed by atoms with van der Waals surface area (Å²) in [7, 11) is -11.3. The highest BCUT2D eigenvalue weighted by molar-refractivity contribution is 8.04. The van der Waals surface area contributed by atoms with Gasteiger partial charge in [-0.2, -0.15) is 17.0 Å². The molecule has 0 saturated carbocycles. The molecule has 11 heteroatoms. The molecule has 0 fully saturated rings. The molecule has 0 N–H and O–H groups in total. The van der Waals surface area contributed by atoms with Gasteiger partial charge >= 0.3 is 15.5 Å². The molecule has 0 atom stereocenters. The maximum Gasteiger partial charge on any atom is 0.511 e. The lowest BCUT2D eigenvalue weighted by Gasteiger charge is -2.24. The van der Waals surface area contributed by atoms with E-state index in [-0.39, 0.29) is 6.26 Å². The smallest absolute Gasteiger partial charge is 0.511 e. The molecule has 0 aromatic rings. The maximum atomic E-state index is 11.5. The van der Waals surface area contributed by atoms with Gasteiger partial charge in [0.2, 0.25) is 10.0 Å². The van der Waals surface area contributed by atoms with Gasteiger partial charge in [-0.05, 0) is 0 Å². The van der Waals surface area contributed by atoms with Crippen molar-refractivity contribution in [3.05, 3.63) is 5.21 Å². The molecule has 0 rings (SSSR count). The molecule has 0 amide bonds. The summed E-state index contributed by atoms with van der Waals surface area (Å²) in [4.78, 5) is 0. The first kappa shape index (κ1) is 12.6. The number of halogens is 3. The highest BCUT2D eigenvalue weighted by atomic mass is 32.3. The second-order valence-electron chi connectivity index (χ2n) is 1.88. The van der Waals surface area contributed by atoms with E-state index in [1.807, 2.05) is 0 Å². The fraction of sp³-hybridized carbons (Fsp3) is 1.00. The van der Waals surface area contributed by atoms with Crippen LogP contribution >= 0.6 is 0 Å². The fourth-order valence-electron chi connectivity index (χ4n) is 0.263. The van der Waals surface area contributed by atoms with Gasteiger partial charge in [0.15, 0.2) is 0 Å². The number of hydrogen-bond acceptors (Lipinski definition) is 5. The predicted molar refractivity (Wildman–Crippen MR) is 35.0 cm³/mol. The first-order valence-corrected chi connectivity index (χ1v) is 5.68. The molecule has 0 aliphatic carbocycles. The van der Waals surface area contributed by atoms with Crippen molar-refractivity contribution in [3.8, 4) is 0 Å². The minimum Gasteiger partial charge on any atom is -0.759 e. The van der Waals surface area contributed by atoms with E-state index in [1.54, 1.807) is 0 Å². The molecule has 0 aliphatic heterocycles. The highest BCUT2D eigenvalue weighted by Gasteiger charge is 2.49. The Morgan fingerprint density at radius 3 is 1.54 bits per heavy atom. The number of hydrogen-bond donors (Lipinski definition) is 0. The van der Waals surface area contributed by atoms with E-state index >= 15 is 0 Å². The molecule has 0 bridgehead atoms. The highest BCUT2D eigenvalue weighted by Crippen LogP contribution is 2.27. The normalized spacial score (nSPS) is 14.9. The van der Waals surface area contributed by atoms with Crippen LogP contribution in [0.15, 0.2) is 0 Å². The Morgan fingerprint density at radius 2 is 1.46 bits per heavy atom. The topological polar surface area (TPSA) is 94.6 Å². The Labute approximate surface area is 71.6 Å². The van der Waals surface area contributed by atoms with Crippen LogP contribution in [0, 0.1) is 5.21 Å². The lowest BCUT2D eigenvalue weighted by Crippen LogP contribution is -2.40. The van der Waals surface area contributed by atoms with E-state index < -0.39 is 29.4 Å². The SMILES string of the molecule is CS(=O)(=O)N([O-])S(=O)(=O)C(F)(F)F. The van der Waals surface area contributed by atoms with Crippen LogP contribution in [0.1, 0.15) is 0 Å². The quantitative estimate of drug-likeness (QED) is 0.614. The van der Waals surface area contributed by atoms with Crippen molar-refractivity contribution < 1.29 is 30.0 Å². The van der Waals surface area contributed by atoms with Crippen molar-refractivity contribution in [2.45, 2.75) is 5.51 Å². The summed E-state index contributed by atoms with van der Waals surface area (Å²) in [6.07, 6.45) is 0.0449. The van der Waals surface area contributed by atoms with E-state index in [0.717, 1.165) is 0 Å². The zero-order chi connectivity index (χ0) is 11.1. The minimum absolute atomic E-state index is 0.0449. The Balaban J connectivity index is 5.37. The van der Waals surface area contributed by atoms with E-state index in [0.29, 0.717) is 0 Å². The van der Waals surface area contributed by atoms with Gasteiger partial charge in [-0.1, -0.05) is 0 Å². The maximum absolute atomic E-state index is 11.5. The summed E-state index contributed by atoms with van der Waals surface area (Å²) in [5, 5.41) is 10.2. The summed E-state index contributed by atoms with van der Waals surface area (Å²) in [5.41, 5.74) is -5.92. The number of alkyl halides is 3. The summed E-state index contributed by atoms with van der Waals surface area (Å²) in [5.74, 6) is 0. The van der Waals surface area contributed by atoms with Gasteiger partial charge in [-0.3, -0.25) is 0 Å². The van der Waals surface area contributed by atoms with Crippen LogP contribution in [-0.2, 0) is 20.0 Å². The zero-order valence-electron chi connectivity index (χ0n) is 5.94.